The van der Waals surface area contributed by atoms with Gasteiger partial charge in [0, 0.05) is 0 Å². The number of allylic oxidation sites excluding steroid dienone is 2. The summed E-state index contributed by atoms with van der Waals surface area (Å²) < 4.78 is 0. The molecule has 7 atom stereocenters. The van der Waals surface area contributed by atoms with E-state index in [-0.39, 0.29) is 11.5 Å². The molecule has 0 aromatic carbocycles. The van der Waals surface area contributed by atoms with Crippen molar-refractivity contribution < 1.29 is 5.11 Å². The molecule has 178 valence electrons. The molecular weight excluding hydrogens is 376 g/mol. The first kappa shape index (κ1) is 23.8. The van der Waals surface area contributed by atoms with Crippen molar-refractivity contribution >= 4 is 0 Å². The Hall–Kier alpha value is -0.300. The van der Waals surface area contributed by atoms with E-state index in [4.69, 9.17) is 0 Å². The SMILES string of the molecule is CC(C)CCC[C@H](C)C1=C2CC[C@@H]3[C@@]4(C)CC[C@H](O)C(C)(C)[C@@H]4CC[C@@]3(C)[C@]2(C)CC1. The van der Waals surface area contributed by atoms with Crippen molar-refractivity contribution in [3.05, 3.63) is 11.1 Å². The van der Waals surface area contributed by atoms with Crippen LogP contribution in [0.25, 0.3) is 0 Å². The van der Waals surface area contributed by atoms with E-state index in [2.05, 4.69) is 55.4 Å². The molecule has 0 aromatic rings. The van der Waals surface area contributed by atoms with Gasteiger partial charge in [-0.05, 0) is 103 Å². The third kappa shape index (κ3) is 3.41. The summed E-state index contributed by atoms with van der Waals surface area (Å²) in [6.45, 7) is 20.0. The van der Waals surface area contributed by atoms with Crippen molar-refractivity contribution in [1.29, 1.82) is 0 Å². The van der Waals surface area contributed by atoms with E-state index in [1.807, 2.05) is 11.1 Å². The summed E-state index contributed by atoms with van der Waals surface area (Å²) >= 11 is 0. The quantitative estimate of drug-likeness (QED) is 0.435. The number of aliphatic hydroxyl groups excluding tert-OH is 1. The van der Waals surface area contributed by atoms with Crippen LogP contribution in [-0.4, -0.2) is 11.2 Å². The standard InChI is InChI=1S/C30H52O/c1-20(2)10-9-11-21(3)22-14-18-29(7)23(22)12-13-25-28(6)17-16-26(31)27(4,5)24(28)15-19-30(25,29)8/h20-21,24-26,31H,9-19H2,1-8H3/t21-,24-,25+,26-,28-,29+,30+/m0/s1. The Morgan fingerprint density at radius 1 is 0.839 bits per heavy atom. The summed E-state index contributed by atoms with van der Waals surface area (Å²) in [5.74, 6) is 3.11. The van der Waals surface area contributed by atoms with E-state index in [1.54, 1.807) is 0 Å². The van der Waals surface area contributed by atoms with Crippen LogP contribution in [0.3, 0.4) is 0 Å². The first-order valence-corrected chi connectivity index (χ1v) is 13.8. The van der Waals surface area contributed by atoms with Crippen LogP contribution >= 0.6 is 0 Å². The summed E-state index contributed by atoms with van der Waals surface area (Å²) in [5, 5.41) is 10.8. The van der Waals surface area contributed by atoms with Crippen molar-refractivity contribution in [2.45, 2.75) is 132 Å². The molecule has 1 heteroatoms. The molecule has 4 aliphatic rings. The molecule has 0 amide bonds. The van der Waals surface area contributed by atoms with Gasteiger partial charge in [-0.3, -0.25) is 0 Å². The van der Waals surface area contributed by atoms with Gasteiger partial charge in [0.05, 0.1) is 6.10 Å². The van der Waals surface area contributed by atoms with Crippen LogP contribution in [0, 0.1) is 45.3 Å². The molecule has 0 aliphatic heterocycles. The largest absolute Gasteiger partial charge is 0.393 e. The van der Waals surface area contributed by atoms with Crippen LogP contribution in [-0.2, 0) is 0 Å². The molecule has 1 nitrogen and oxygen atoms in total. The normalized spacial score (nSPS) is 45.3. The van der Waals surface area contributed by atoms with Crippen LogP contribution in [0.15, 0.2) is 11.1 Å². The molecule has 0 spiro atoms. The van der Waals surface area contributed by atoms with Gasteiger partial charge in [0.2, 0.25) is 0 Å². The van der Waals surface area contributed by atoms with Crippen molar-refractivity contribution in [3.63, 3.8) is 0 Å². The smallest absolute Gasteiger partial charge is 0.0594 e. The highest BCUT2D eigenvalue weighted by atomic mass is 16.3. The van der Waals surface area contributed by atoms with Crippen molar-refractivity contribution in [3.8, 4) is 0 Å². The van der Waals surface area contributed by atoms with E-state index in [0.717, 1.165) is 24.2 Å². The maximum Gasteiger partial charge on any atom is 0.0594 e. The minimum Gasteiger partial charge on any atom is -0.393 e. The average Bonchev–Trinajstić information content (AvgIpc) is 3.03. The maximum absolute atomic E-state index is 10.8. The Balaban J connectivity index is 1.62. The van der Waals surface area contributed by atoms with Crippen LogP contribution in [0.5, 0.6) is 0 Å². The summed E-state index contributed by atoms with van der Waals surface area (Å²) in [6, 6.07) is 0. The van der Waals surface area contributed by atoms with Gasteiger partial charge < -0.3 is 5.11 Å². The molecule has 4 rings (SSSR count). The van der Waals surface area contributed by atoms with Gasteiger partial charge in [-0.2, -0.15) is 0 Å². The molecule has 0 saturated heterocycles. The molecule has 0 heterocycles. The van der Waals surface area contributed by atoms with E-state index in [9.17, 15) is 5.11 Å². The molecule has 1 N–H and O–H groups in total. The van der Waals surface area contributed by atoms with Crippen molar-refractivity contribution in [2.75, 3.05) is 0 Å². The van der Waals surface area contributed by atoms with Gasteiger partial charge in [0.1, 0.15) is 0 Å². The predicted molar refractivity (Wildman–Crippen MR) is 133 cm³/mol. The summed E-state index contributed by atoms with van der Waals surface area (Å²) in [6.07, 6.45) is 14.5. The van der Waals surface area contributed by atoms with Crippen molar-refractivity contribution in [2.24, 2.45) is 45.3 Å². The zero-order chi connectivity index (χ0) is 22.8. The van der Waals surface area contributed by atoms with E-state index >= 15 is 0 Å². The lowest BCUT2D eigenvalue weighted by Gasteiger charge is -2.69. The van der Waals surface area contributed by atoms with Crippen molar-refractivity contribution in [1.82, 2.24) is 0 Å². The fourth-order valence-corrected chi connectivity index (χ4v) is 9.80. The molecule has 31 heavy (non-hydrogen) atoms. The van der Waals surface area contributed by atoms with E-state index in [1.165, 1.54) is 64.2 Å². The van der Waals surface area contributed by atoms with E-state index in [0.29, 0.717) is 22.2 Å². The first-order chi connectivity index (χ1) is 14.4. The molecule has 4 aliphatic carbocycles. The Labute approximate surface area is 193 Å². The summed E-state index contributed by atoms with van der Waals surface area (Å²) in [5.41, 5.74) is 5.08. The lowest BCUT2D eigenvalue weighted by Crippen LogP contribution is -2.62. The number of hydrogen-bond acceptors (Lipinski definition) is 1. The second-order valence-electron chi connectivity index (χ2n) is 14.0. The second kappa shape index (κ2) is 7.89. The lowest BCUT2D eigenvalue weighted by atomic mass is 9.36. The second-order valence-corrected chi connectivity index (χ2v) is 14.0. The van der Waals surface area contributed by atoms with Gasteiger partial charge in [-0.25, -0.2) is 0 Å². The Kier molecular flexibility index (Phi) is 6.07. The molecule has 0 radical (unpaired) electrons. The highest BCUT2D eigenvalue weighted by molar-refractivity contribution is 5.36. The third-order valence-electron chi connectivity index (χ3n) is 11.9. The molecule has 3 fully saturated rings. The highest BCUT2D eigenvalue weighted by Gasteiger charge is 2.66. The summed E-state index contributed by atoms with van der Waals surface area (Å²) in [4.78, 5) is 0. The minimum absolute atomic E-state index is 0.0666. The predicted octanol–water partition coefficient (Wildman–Crippen LogP) is 8.56. The molecule has 0 unspecified atom stereocenters. The van der Waals surface area contributed by atoms with Gasteiger partial charge >= 0.3 is 0 Å². The van der Waals surface area contributed by atoms with E-state index < -0.39 is 0 Å². The number of fused-ring (bicyclic) bond motifs is 5. The number of rotatable bonds is 5. The zero-order valence-corrected chi connectivity index (χ0v) is 22.1. The van der Waals surface area contributed by atoms with Crippen LogP contribution in [0.2, 0.25) is 0 Å². The van der Waals surface area contributed by atoms with Gasteiger partial charge in [-0.1, -0.05) is 79.4 Å². The van der Waals surface area contributed by atoms with Gasteiger partial charge in [-0.15, -0.1) is 0 Å². The van der Waals surface area contributed by atoms with Gasteiger partial charge in [0.15, 0.2) is 0 Å². The number of hydrogen-bond donors (Lipinski definition) is 1. The third-order valence-corrected chi connectivity index (χ3v) is 11.9. The van der Waals surface area contributed by atoms with Crippen LogP contribution in [0.4, 0.5) is 0 Å². The zero-order valence-electron chi connectivity index (χ0n) is 22.1. The Morgan fingerprint density at radius 3 is 2.23 bits per heavy atom. The summed E-state index contributed by atoms with van der Waals surface area (Å²) in [7, 11) is 0. The minimum atomic E-state index is -0.116. The van der Waals surface area contributed by atoms with Crippen LogP contribution < -0.4 is 0 Å². The molecular formula is C30H52O. The Morgan fingerprint density at radius 2 is 1.55 bits per heavy atom. The average molecular weight is 429 g/mol. The first-order valence-electron chi connectivity index (χ1n) is 13.8. The monoisotopic (exact) mass is 428 g/mol. The molecule has 0 aromatic heterocycles. The maximum atomic E-state index is 10.8. The Bertz CT molecular complexity index is 716. The molecule has 0 bridgehead atoms. The fourth-order valence-electron chi connectivity index (χ4n) is 9.80. The topological polar surface area (TPSA) is 20.2 Å². The molecule has 3 saturated carbocycles. The fraction of sp³-hybridized carbons (Fsp3) is 0.933. The number of aliphatic hydroxyl groups is 1. The van der Waals surface area contributed by atoms with Gasteiger partial charge in [0.25, 0.3) is 0 Å². The highest BCUT2D eigenvalue weighted by Crippen LogP contribution is 2.74. The van der Waals surface area contributed by atoms with Crippen LogP contribution in [0.1, 0.15) is 126 Å². The lowest BCUT2D eigenvalue weighted by molar-refractivity contribution is -0.200.